The Hall–Kier alpha value is -1.30. The normalized spacial score (nSPS) is 22.7. The van der Waals surface area contributed by atoms with Crippen molar-refractivity contribution in [3.8, 4) is 0 Å². The van der Waals surface area contributed by atoms with Crippen molar-refractivity contribution in [1.29, 1.82) is 0 Å². The van der Waals surface area contributed by atoms with Gasteiger partial charge in [-0.3, -0.25) is 0 Å². The fraction of sp³-hybridized carbons (Fsp3) is 0.867. The Morgan fingerprint density at radius 2 is 2.00 bits per heavy atom. The number of carbonyl (C=O) groups excluding carboxylic acids is 1. The van der Waals surface area contributed by atoms with Crippen LogP contribution in [-0.2, 0) is 9.53 Å². The van der Waals surface area contributed by atoms with Gasteiger partial charge in [-0.1, -0.05) is 12.8 Å². The summed E-state index contributed by atoms with van der Waals surface area (Å²) in [5.74, 6) is -0.146. The van der Waals surface area contributed by atoms with Crippen molar-refractivity contribution in [2.75, 3.05) is 26.3 Å². The zero-order valence-corrected chi connectivity index (χ0v) is 12.6. The van der Waals surface area contributed by atoms with E-state index >= 15 is 0 Å². The van der Waals surface area contributed by atoms with Gasteiger partial charge in [0, 0.05) is 26.3 Å². The van der Waals surface area contributed by atoms with Gasteiger partial charge in [-0.15, -0.1) is 0 Å². The van der Waals surface area contributed by atoms with Gasteiger partial charge in [-0.05, 0) is 38.0 Å². The first-order chi connectivity index (χ1) is 10.2. The minimum absolute atomic E-state index is 0.258. The Labute approximate surface area is 125 Å². The standard InChI is InChI=1S/C15H26N2O4/c18-14(19)13-5-2-1-3-9-17(13)15(20)16-8-4-10-21-11-12-6-7-12/h12-13H,1-11H2,(H,16,20)(H,18,19). The largest absolute Gasteiger partial charge is 0.480 e. The number of ether oxygens (including phenoxy) is 1. The van der Waals surface area contributed by atoms with E-state index in [-0.39, 0.29) is 6.03 Å². The molecule has 6 nitrogen and oxygen atoms in total. The van der Waals surface area contributed by atoms with E-state index in [0.717, 1.165) is 38.2 Å². The van der Waals surface area contributed by atoms with Gasteiger partial charge in [-0.2, -0.15) is 0 Å². The molecule has 0 bridgehead atoms. The SMILES string of the molecule is O=C(O)C1CCCCCN1C(=O)NCCCOCC1CC1. The predicted molar refractivity (Wildman–Crippen MR) is 78.2 cm³/mol. The Morgan fingerprint density at radius 1 is 1.19 bits per heavy atom. The highest BCUT2D eigenvalue weighted by atomic mass is 16.5. The number of hydrogen-bond acceptors (Lipinski definition) is 3. The number of amides is 2. The number of carbonyl (C=O) groups is 2. The number of hydrogen-bond donors (Lipinski definition) is 2. The van der Waals surface area contributed by atoms with E-state index in [9.17, 15) is 14.7 Å². The van der Waals surface area contributed by atoms with Crippen molar-refractivity contribution < 1.29 is 19.4 Å². The summed E-state index contributed by atoms with van der Waals surface area (Å²) >= 11 is 0. The van der Waals surface area contributed by atoms with Crippen molar-refractivity contribution in [2.45, 2.75) is 51.0 Å². The summed E-state index contributed by atoms with van der Waals surface area (Å²) in [6.07, 6.45) is 6.61. The molecule has 6 heteroatoms. The molecule has 1 saturated heterocycles. The van der Waals surface area contributed by atoms with Crippen LogP contribution in [0.25, 0.3) is 0 Å². The molecule has 1 aliphatic heterocycles. The highest BCUT2D eigenvalue weighted by Crippen LogP contribution is 2.28. The van der Waals surface area contributed by atoms with Crippen LogP contribution < -0.4 is 5.32 Å². The maximum atomic E-state index is 12.1. The van der Waals surface area contributed by atoms with Crippen molar-refractivity contribution in [3.05, 3.63) is 0 Å². The summed E-state index contributed by atoms with van der Waals surface area (Å²) < 4.78 is 5.51. The second kappa shape index (κ2) is 8.22. The van der Waals surface area contributed by atoms with E-state index in [1.807, 2.05) is 0 Å². The van der Waals surface area contributed by atoms with Crippen LogP contribution >= 0.6 is 0 Å². The molecule has 0 radical (unpaired) electrons. The molecule has 1 atom stereocenters. The summed E-state index contributed by atoms with van der Waals surface area (Å²) in [6, 6.07) is -0.940. The van der Waals surface area contributed by atoms with Gasteiger partial charge in [-0.25, -0.2) is 9.59 Å². The summed E-state index contributed by atoms with van der Waals surface area (Å²) in [7, 11) is 0. The average molecular weight is 298 g/mol. The molecule has 2 amide bonds. The van der Waals surface area contributed by atoms with Crippen LogP contribution in [0.15, 0.2) is 0 Å². The molecule has 120 valence electrons. The van der Waals surface area contributed by atoms with Crippen molar-refractivity contribution >= 4 is 12.0 Å². The van der Waals surface area contributed by atoms with Crippen LogP contribution in [0.2, 0.25) is 0 Å². The molecule has 1 saturated carbocycles. The highest BCUT2D eigenvalue weighted by molar-refractivity contribution is 5.82. The molecule has 1 unspecified atom stereocenters. The molecule has 2 aliphatic rings. The molecular formula is C15H26N2O4. The topological polar surface area (TPSA) is 78.9 Å². The maximum Gasteiger partial charge on any atom is 0.326 e. The van der Waals surface area contributed by atoms with Crippen LogP contribution in [0.1, 0.15) is 44.9 Å². The lowest BCUT2D eigenvalue weighted by Crippen LogP contribution is -2.49. The number of likely N-dealkylation sites (tertiary alicyclic amines) is 1. The third-order valence-corrected chi connectivity index (χ3v) is 4.09. The van der Waals surface area contributed by atoms with Crippen molar-refractivity contribution in [3.63, 3.8) is 0 Å². The van der Waals surface area contributed by atoms with E-state index in [2.05, 4.69) is 5.32 Å². The van der Waals surface area contributed by atoms with E-state index in [1.165, 1.54) is 17.7 Å². The van der Waals surface area contributed by atoms with Gasteiger partial charge < -0.3 is 20.1 Å². The lowest BCUT2D eigenvalue weighted by atomic mass is 10.1. The molecule has 2 fully saturated rings. The van der Waals surface area contributed by atoms with Crippen LogP contribution in [-0.4, -0.2) is 54.4 Å². The average Bonchev–Trinajstić information content (AvgIpc) is 3.27. The third kappa shape index (κ3) is 5.53. The smallest absolute Gasteiger partial charge is 0.326 e. The summed E-state index contributed by atoms with van der Waals surface area (Å²) in [4.78, 5) is 24.9. The Morgan fingerprint density at radius 3 is 2.71 bits per heavy atom. The summed E-state index contributed by atoms with van der Waals surface area (Å²) in [5.41, 5.74) is 0. The predicted octanol–water partition coefficient (Wildman–Crippen LogP) is 1.84. The molecule has 0 spiro atoms. The molecule has 2 N–H and O–H groups in total. The summed E-state index contributed by atoms with van der Waals surface area (Å²) in [6.45, 7) is 2.55. The first-order valence-electron chi connectivity index (χ1n) is 8.03. The monoisotopic (exact) mass is 298 g/mol. The minimum atomic E-state index is -0.903. The number of nitrogens with one attached hydrogen (secondary N) is 1. The Balaban J connectivity index is 1.65. The molecule has 2 rings (SSSR count). The maximum absolute atomic E-state index is 12.1. The molecule has 0 aromatic heterocycles. The minimum Gasteiger partial charge on any atom is -0.480 e. The molecule has 1 aliphatic carbocycles. The Bertz CT molecular complexity index is 358. The highest BCUT2D eigenvalue weighted by Gasteiger charge is 2.30. The van der Waals surface area contributed by atoms with E-state index in [0.29, 0.717) is 26.1 Å². The van der Waals surface area contributed by atoms with Gasteiger partial charge in [0.25, 0.3) is 0 Å². The zero-order valence-electron chi connectivity index (χ0n) is 12.6. The van der Waals surface area contributed by atoms with Crippen molar-refractivity contribution in [1.82, 2.24) is 10.2 Å². The summed E-state index contributed by atoms with van der Waals surface area (Å²) in [5, 5.41) is 12.1. The fourth-order valence-corrected chi connectivity index (χ4v) is 2.61. The molecule has 21 heavy (non-hydrogen) atoms. The van der Waals surface area contributed by atoms with Gasteiger partial charge >= 0.3 is 12.0 Å². The molecular weight excluding hydrogens is 272 g/mol. The van der Waals surface area contributed by atoms with Crippen molar-refractivity contribution in [2.24, 2.45) is 5.92 Å². The number of carboxylic acid groups (broad SMARTS) is 1. The van der Waals surface area contributed by atoms with Crippen LogP contribution in [0, 0.1) is 5.92 Å². The zero-order chi connectivity index (χ0) is 15.1. The number of nitrogens with zero attached hydrogens (tertiary/aromatic N) is 1. The van der Waals surface area contributed by atoms with E-state index in [1.54, 1.807) is 0 Å². The number of urea groups is 1. The fourth-order valence-electron chi connectivity index (χ4n) is 2.61. The van der Waals surface area contributed by atoms with Crippen LogP contribution in [0.5, 0.6) is 0 Å². The lowest BCUT2D eigenvalue weighted by molar-refractivity contribution is -0.142. The van der Waals surface area contributed by atoms with Gasteiger partial charge in [0.15, 0.2) is 0 Å². The van der Waals surface area contributed by atoms with Crippen LogP contribution in [0.3, 0.4) is 0 Å². The second-order valence-corrected chi connectivity index (χ2v) is 6.00. The number of rotatable bonds is 7. The van der Waals surface area contributed by atoms with E-state index < -0.39 is 12.0 Å². The van der Waals surface area contributed by atoms with Gasteiger partial charge in [0.05, 0.1) is 0 Å². The first-order valence-corrected chi connectivity index (χ1v) is 8.03. The quantitative estimate of drug-likeness (QED) is 0.703. The molecule has 0 aromatic carbocycles. The number of aliphatic carboxylic acids is 1. The third-order valence-electron chi connectivity index (χ3n) is 4.09. The lowest BCUT2D eigenvalue weighted by Gasteiger charge is -2.27. The van der Waals surface area contributed by atoms with Crippen LogP contribution in [0.4, 0.5) is 4.79 Å². The molecule has 0 aromatic rings. The number of carboxylic acids is 1. The van der Waals surface area contributed by atoms with Gasteiger partial charge in [0.1, 0.15) is 6.04 Å². The second-order valence-electron chi connectivity index (χ2n) is 6.00. The first kappa shape index (κ1) is 16.1. The molecule has 1 heterocycles. The van der Waals surface area contributed by atoms with E-state index in [4.69, 9.17) is 4.74 Å². The Kier molecular flexibility index (Phi) is 6.29. The van der Waals surface area contributed by atoms with Gasteiger partial charge in [0.2, 0.25) is 0 Å².